The molecule has 1 unspecified atom stereocenters. The van der Waals surface area contributed by atoms with Crippen LogP contribution in [0.15, 0.2) is 66.7 Å². The lowest BCUT2D eigenvalue weighted by Crippen LogP contribution is -2.26. The predicted molar refractivity (Wildman–Crippen MR) is 127 cm³/mol. The summed E-state index contributed by atoms with van der Waals surface area (Å²) < 4.78 is 11.0. The highest BCUT2D eigenvalue weighted by molar-refractivity contribution is 6.07. The number of ether oxygens (including phenoxy) is 2. The van der Waals surface area contributed by atoms with Crippen LogP contribution in [0.5, 0.6) is 11.5 Å². The molecule has 3 aromatic rings. The van der Waals surface area contributed by atoms with E-state index < -0.39 is 5.60 Å². The van der Waals surface area contributed by atoms with Crippen LogP contribution in [0.4, 0.5) is 0 Å². The van der Waals surface area contributed by atoms with E-state index in [9.17, 15) is 5.11 Å². The summed E-state index contributed by atoms with van der Waals surface area (Å²) in [6, 6.07) is 22.4. The van der Waals surface area contributed by atoms with E-state index in [0.29, 0.717) is 6.42 Å². The molecule has 0 radical (unpaired) electrons. The smallest absolute Gasteiger partial charge is 0.119 e. The van der Waals surface area contributed by atoms with Crippen molar-refractivity contribution in [3.63, 3.8) is 0 Å². The largest absolute Gasteiger partial charge is 0.497 e. The van der Waals surface area contributed by atoms with Gasteiger partial charge >= 0.3 is 0 Å². The Balaban J connectivity index is 2.07. The standard InChI is InChI=1S/C28H30O3/c1-5-6-16-28(29)26-19(2)17-23(31-4)18-24(26)25(20-10-8-7-9-11-20)27(28)21-12-14-22(30-3)15-13-21/h7-15,17-18,29H,5-6,16H2,1-4H3. The molecular formula is C28H30O3. The molecule has 0 fully saturated rings. The molecule has 1 N–H and O–H groups in total. The van der Waals surface area contributed by atoms with Crippen LogP contribution in [0.1, 0.15) is 54.0 Å². The first-order valence-electron chi connectivity index (χ1n) is 10.9. The van der Waals surface area contributed by atoms with Crippen LogP contribution in [-0.2, 0) is 5.60 Å². The second-order valence-corrected chi connectivity index (χ2v) is 8.18. The van der Waals surface area contributed by atoms with Gasteiger partial charge in [0, 0.05) is 5.57 Å². The van der Waals surface area contributed by atoms with Gasteiger partial charge in [-0.1, -0.05) is 62.2 Å². The fraction of sp³-hybridized carbons (Fsp3) is 0.286. The topological polar surface area (TPSA) is 38.7 Å². The van der Waals surface area contributed by atoms with Crippen LogP contribution in [0.2, 0.25) is 0 Å². The molecule has 3 aromatic carbocycles. The van der Waals surface area contributed by atoms with E-state index in [2.05, 4.69) is 32.0 Å². The third-order valence-electron chi connectivity index (χ3n) is 6.22. The van der Waals surface area contributed by atoms with E-state index in [-0.39, 0.29) is 0 Å². The zero-order valence-electron chi connectivity index (χ0n) is 18.7. The number of rotatable bonds is 7. The van der Waals surface area contributed by atoms with Gasteiger partial charge in [0.1, 0.15) is 17.1 Å². The summed E-state index contributed by atoms with van der Waals surface area (Å²) in [7, 11) is 3.36. The Bertz CT molecular complexity index is 1100. The molecule has 3 heteroatoms. The lowest BCUT2D eigenvalue weighted by molar-refractivity contribution is 0.0900. The van der Waals surface area contributed by atoms with Crippen molar-refractivity contribution in [2.75, 3.05) is 14.2 Å². The molecule has 1 aliphatic rings. The predicted octanol–water partition coefficient (Wildman–Crippen LogP) is 6.36. The molecule has 0 aromatic heterocycles. The molecule has 31 heavy (non-hydrogen) atoms. The van der Waals surface area contributed by atoms with Gasteiger partial charge in [-0.15, -0.1) is 0 Å². The molecule has 0 amide bonds. The third kappa shape index (κ3) is 3.64. The van der Waals surface area contributed by atoms with Crippen molar-refractivity contribution in [1.82, 2.24) is 0 Å². The molecule has 0 aliphatic heterocycles. The van der Waals surface area contributed by atoms with Crippen molar-refractivity contribution in [2.24, 2.45) is 0 Å². The highest BCUT2D eigenvalue weighted by Gasteiger charge is 2.45. The monoisotopic (exact) mass is 414 g/mol. The van der Waals surface area contributed by atoms with Crippen LogP contribution >= 0.6 is 0 Å². The Morgan fingerprint density at radius 1 is 0.839 bits per heavy atom. The zero-order valence-corrected chi connectivity index (χ0v) is 18.7. The molecular weight excluding hydrogens is 384 g/mol. The number of methoxy groups -OCH3 is 2. The van der Waals surface area contributed by atoms with Gasteiger partial charge in [0.05, 0.1) is 14.2 Å². The van der Waals surface area contributed by atoms with Crippen LogP contribution in [-0.4, -0.2) is 19.3 Å². The van der Waals surface area contributed by atoms with Crippen molar-refractivity contribution >= 4 is 11.1 Å². The summed E-state index contributed by atoms with van der Waals surface area (Å²) in [6.45, 7) is 4.23. The maximum atomic E-state index is 12.4. The zero-order chi connectivity index (χ0) is 22.0. The summed E-state index contributed by atoms with van der Waals surface area (Å²) in [5.41, 5.74) is 6.15. The van der Waals surface area contributed by atoms with Gasteiger partial charge in [-0.05, 0) is 71.0 Å². The highest BCUT2D eigenvalue weighted by atomic mass is 16.5. The number of hydrogen-bond acceptors (Lipinski definition) is 3. The summed E-state index contributed by atoms with van der Waals surface area (Å²) in [5.74, 6) is 1.61. The minimum atomic E-state index is -1.07. The van der Waals surface area contributed by atoms with Crippen LogP contribution in [0, 0.1) is 6.92 Å². The minimum Gasteiger partial charge on any atom is -0.497 e. The second-order valence-electron chi connectivity index (χ2n) is 8.18. The fourth-order valence-corrected chi connectivity index (χ4v) is 4.81. The van der Waals surface area contributed by atoms with Crippen molar-refractivity contribution < 1.29 is 14.6 Å². The van der Waals surface area contributed by atoms with E-state index in [4.69, 9.17) is 9.47 Å². The third-order valence-corrected chi connectivity index (χ3v) is 6.22. The maximum absolute atomic E-state index is 12.4. The maximum Gasteiger partial charge on any atom is 0.119 e. The van der Waals surface area contributed by atoms with Gasteiger partial charge < -0.3 is 14.6 Å². The summed E-state index contributed by atoms with van der Waals surface area (Å²) in [4.78, 5) is 0. The van der Waals surface area contributed by atoms with Crippen molar-refractivity contribution in [2.45, 2.75) is 38.7 Å². The minimum absolute atomic E-state index is 0.668. The Morgan fingerprint density at radius 3 is 2.13 bits per heavy atom. The molecule has 0 saturated heterocycles. The van der Waals surface area contributed by atoms with Crippen molar-refractivity contribution in [3.05, 3.63) is 94.5 Å². The summed E-state index contributed by atoms with van der Waals surface area (Å²) in [5, 5.41) is 12.4. The van der Waals surface area contributed by atoms with Crippen molar-refractivity contribution in [1.29, 1.82) is 0 Å². The number of hydrogen-bond donors (Lipinski definition) is 1. The van der Waals surface area contributed by atoms with E-state index >= 15 is 0 Å². The van der Waals surface area contributed by atoms with E-state index in [0.717, 1.165) is 63.3 Å². The fourth-order valence-electron chi connectivity index (χ4n) is 4.81. The molecule has 1 atom stereocenters. The van der Waals surface area contributed by atoms with Crippen LogP contribution < -0.4 is 9.47 Å². The van der Waals surface area contributed by atoms with E-state index in [1.807, 2.05) is 48.5 Å². The molecule has 160 valence electrons. The van der Waals surface area contributed by atoms with Gasteiger partial charge in [-0.25, -0.2) is 0 Å². The molecule has 0 saturated carbocycles. The molecule has 3 nitrogen and oxygen atoms in total. The first-order chi connectivity index (χ1) is 15.0. The number of aliphatic hydroxyl groups is 1. The van der Waals surface area contributed by atoms with Crippen LogP contribution in [0.25, 0.3) is 11.1 Å². The number of fused-ring (bicyclic) bond motifs is 1. The number of unbranched alkanes of at least 4 members (excludes halogenated alkanes) is 1. The lowest BCUT2D eigenvalue weighted by Gasteiger charge is -2.30. The van der Waals surface area contributed by atoms with Gasteiger partial charge in [0.25, 0.3) is 0 Å². The van der Waals surface area contributed by atoms with Gasteiger partial charge in [-0.3, -0.25) is 0 Å². The molecule has 0 heterocycles. The van der Waals surface area contributed by atoms with Gasteiger partial charge in [-0.2, -0.15) is 0 Å². The number of aryl methyl sites for hydroxylation is 1. The molecule has 4 rings (SSSR count). The van der Waals surface area contributed by atoms with E-state index in [1.54, 1.807) is 14.2 Å². The first-order valence-corrected chi connectivity index (χ1v) is 10.9. The summed E-state index contributed by atoms with van der Waals surface area (Å²) in [6.07, 6.45) is 2.62. The van der Waals surface area contributed by atoms with Crippen molar-refractivity contribution in [3.8, 4) is 11.5 Å². The normalized spacial score (nSPS) is 17.6. The molecule has 0 bridgehead atoms. The SMILES string of the molecule is CCCCC1(O)C(c2ccc(OC)cc2)=C(c2ccccc2)c2cc(OC)cc(C)c21. The average Bonchev–Trinajstić information content (AvgIpc) is 3.07. The highest BCUT2D eigenvalue weighted by Crippen LogP contribution is 2.56. The quantitative estimate of drug-likeness (QED) is 0.489. The Kier molecular flexibility index (Phi) is 5.88. The Morgan fingerprint density at radius 2 is 1.52 bits per heavy atom. The lowest BCUT2D eigenvalue weighted by atomic mass is 9.80. The Labute approximate surface area is 185 Å². The summed E-state index contributed by atoms with van der Waals surface area (Å²) >= 11 is 0. The molecule has 0 spiro atoms. The van der Waals surface area contributed by atoms with Gasteiger partial charge in [0.15, 0.2) is 0 Å². The van der Waals surface area contributed by atoms with E-state index in [1.165, 1.54) is 0 Å². The first kappa shape index (κ1) is 21.2. The number of benzene rings is 3. The molecule has 1 aliphatic carbocycles. The second kappa shape index (κ2) is 8.60. The Hall–Kier alpha value is -3.04. The average molecular weight is 415 g/mol. The van der Waals surface area contributed by atoms with Crippen LogP contribution in [0.3, 0.4) is 0 Å². The van der Waals surface area contributed by atoms with Gasteiger partial charge in [0.2, 0.25) is 0 Å².